The van der Waals surface area contributed by atoms with Crippen LogP contribution in [0, 0.1) is 6.92 Å². The van der Waals surface area contributed by atoms with E-state index in [1.807, 2.05) is 17.9 Å². The van der Waals surface area contributed by atoms with Crippen LogP contribution in [0.25, 0.3) is 0 Å². The van der Waals surface area contributed by atoms with Gasteiger partial charge in [0.15, 0.2) is 0 Å². The van der Waals surface area contributed by atoms with E-state index in [9.17, 15) is 9.59 Å². The van der Waals surface area contributed by atoms with Crippen molar-refractivity contribution in [1.82, 2.24) is 9.47 Å². The molecule has 0 spiro atoms. The molecule has 1 aliphatic heterocycles. The summed E-state index contributed by atoms with van der Waals surface area (Å²) in [6, 6.07) is 1.84. The predicted molar refractivity (Wildman–Crippen MR) is 70.9 cm³/mol. The van der Waals surface area contributed by atoms with Gasteiger partial charge in [-0.2, -0.15) is 0 Å². The van der Waals surface area contributed by atoms with Gasteiger partial charge in [0.1, 0.15) is 12.2 Å². The molecular formula is C14H20N2O3. The molecule has 19 heavy (non-hydrogen) atoms. The van der Waals surface area contributed by atoms with E-state index in [1.165, 1.54) is 0 Å². The van der Waals surface area contributed by atoms with Crippen LogP contribution in [-0.2, 0) is 16.1 Å². The summed E-state index contributed by atoms with van der Waals surface area (Å²) < 4.78 is 6.72. The second kappa shape index (κ2) is 5.91. The number of amides is 1. The average molecular weight is 264 g/mol. The molecule has 0 radical (unpaired) electrons. The molecule has 0 aromatic carbocycles. The Kier molecular flexibility index (Phi) is 4.24. The monoisotopic (exact) mass is 264 g/mol. The summed E-state index contributed by atoms with van der Waals surface area (Å²) in [4.78, 5) is 25.8. The maximum absolute atomic E-state index is 12.1. The Hall–Kier alpha value is -1.78. The van der Waals surface area contributed by atoms with Gasteiger partial charge in [0, 0.05) is 19.3 Å². The van der Waals surface area contributed by atoms with Gasteiger partial charge >= 0.3 is 5.97 Å². The first kappa shape index (κ1) is 13.6. The lowest BCUT2D eigenvalue weighted by Gasteiger charge is -2.16. The molecule has 0 N–H and O–H groups in total. The molecule has 0 atom stereocenters. The number of aromatic nitrogens is 1. The first-order valence-corrected chi connectivity index (χ1v) is 6.74. The highest BCUT2D eigenvalue weighted by Crippen LogP contribution is 2.14. The first-order chi connectivity index (χ1) is 9.13. The van der Waals surface area contributed by atoms with Crippen LogP contribution in [0.15, 0.2) is 12.3 Å². The predicted octanol–water partition coefficient (Wildman–Crippen LogP) is 1.60. The van der Waals surface area contributed by atoms with Gasteiger partial charge < -0.3 is 14.2 Å². The zero-order valence-corrected chi connectivity index (χ0v) is 11.5. The normalized spacial score (nSPS) is 14.7. The van der Waals surface area contributed by atoms with Crippen LogP contribution < -0.4 is 0 Å². The van der Waals surface area contributed by atoms with Gasteiger partial charge in [-0.25, -0.2) is 4.79 Å². The summed E-state index contributed by atoms with van der Waals surface area (Å²) in [7, 11) is 0. The topological polar surface area (TPSA) is 51.5 Å². The van der Waals surface area contributed by atoms with Crippen molar-refractivity contribution in [3.63, 3.8) is 0 Å². The Morgan fingerprint density at radius 3 is 2.63 bits per heavy atom. The summed E-state index contributed by atoms with van der Waals surface area (Å²) in [5.41, 5.74) is 1.32. The van der Waals surface area contributed by atoms with E-state index in [1.54, 1.807) is 17.7 Å². The van der Waals surface area contributed by atoms with Crippen LogP contribution in [0.4, 0.5) is 0 Å². The highest BCUT2D eigenvalue weighted by Gasteiger charge is 2.21. The van der Waals surface area contributed by atoms with Crippen LogP contribution in [0.2, 0.25) is 0 Å². The van der Waals surface area contributed by atoms with Crippen molar-refractivity contribution < 1.29 is 14.3 Å². The second-order valence-electron chi connectivity index (χ2n) is 4.78. The van der Waals surface area contributed by atoms with E-state index in [4.69, 9.17) is 4.74 Å². The molecule has 5 nitrogen and oxygen atoms in total. The quantitative estimate of drug-likeness (QED) is 0.776. The van der Waals surface area contributed by atoms with Gasteiger partial charge in [-0.05, 0) is 38.3 Å². The number of carbonyl (C=O) groups is 2. The van der Waals surface area contributed by atoms with E-state index in [0.717, 1.165) is 31.5 Å². The van der Waals surface area contributed by atoms with Crippen molar-refractivity contribution in [2.75, 3.05) is 19.7 Å². The molecule has 1 aromatic rings. The number of ether oxygens (including phenoxy) is 1. The number of rotatable bonds is 4. The largest absolute Gasteiger partial charge is 0.461 e. The van der Waals surface area contributed by atoms with Gasteiger partial charge in [-0.3, -0.25) is 4.79 Å². The molecule has 0 unspecified atom stereocenters. The van der Waals surface area contributed by atoms with Crippen molar-refractivity contribution in [2.24, 2.45) is 0 Å². The number of likely N-dealkylation sites (tertiary alicyclic amines) is 1. The number of esters is 1. The second-order valence-corrected chi connectivity index (χ2v) is 4.78. The SMILES string of the molecule is CCOC(=O)c1c(C)ccn1CC(=O)N1CCCC1. The average Bonchev–Trinajstić information content (AvgIpc) is 2.99. The Balaban J connectivity index is 2.11. The third-order valence-electron chi connectivity index (χ3n) is 3.40. The van der Waals surface area contributed by atoms with Crippen LogP contribution >= 0.6 is 0 Å². The van der Waals surface area contributed by atoms with E-state index >= 15 is 0 Å². The summed E-state index contributed by atoms with van der Waals surface area (Å²) in [6.45, 7) is 5.83. The molecule has 0 aliphatic carbocycles. The molecule has 1 aliphatic rings. The molecule has 1 saturated heterocycles. The van der Waals surface area contributed by atoms with Crippen molar-refractivity contribution in [1.29, 1.82) is 0 Å². The number of nitrogens with zero attached hydrogens (tertiary/aromatic N) is 2. The van der Waals surface area contributed by atoms with E-state index in [0.29, 0.717) is 12.3 Å². The molecule has 5 heteroatoms. The summed E-state index contributed by atoms with van der Waals surface area (Å²) in [5.74, 6) is -0.294. The lowest BCUT2D eigenvalue weighted by atomic mass is 10.3. The van der Waals surface area contributed by atoms with Crippen molar-refractivity contribution >= 4 is 11.9 Å². The van der Waals surface area contributed by atoms with Crippen LogP contribution in [0.1, 0.15) is 35.8 Å². The van der Waals surface area contributed by atoms with Crippen molar-refractivity contribution in [3.05, 3.63) is 23.5 Å². The van der Waals surface area contributed by atoms with Crippen LogP contribution in [0.3, 0.4) is 0 Å². The fraction of sp³-hybridized carbons (Fsp3) is 0.571. The van der Waals surface area contributed by atoms with Gasteiger partial charge in [-0.1, -0.05) is 0 Å². The highest BCUT2D eigenvalue weighted by molar-refractivity contribution is 5.90. The minimum atomic E-state index is -0.362. The smallest absolute Gasteiger partial charge is 0.355 e. The minimum absolute atomic E-state index is 0.0682. The highest BCUT2D eigenvalue weighted by atomic mass is 16.5. The van der Waals surface area contributed by atoms with Crippen molar-refractivity contribution in [3.8, 4) is 0 Å². The number of hydrogen-bond donors (Lipinski definition) is 0. The van der Waals surface area contributed by atoms with Gasteiger partial charge in [0.2, 0.25) is 5.91 Å². The Morgan fingerprint density at radius 2 is 2.00 bits per heavy atom. The number of hydrogen-bond acceptors (Lipinski definition) is 3. The van der Waals surface area contributed by atoms with E-state index in [2.05, 4.69) is 0 Å². The fourth-order valence-corrected chi connectivity index (χ4v) is 2.40. The summed E-state index contributed by atoms with van der Waals surface area (Å²) in [6.07, 6.45) is 3.91. The van der Waals surface area contributed by atoms with Crippen LogP contribution in [0.5, 0.6) is 0 Å². The standard InChI is InChI=1S/C14H20N2O3/c1-3-19-14(18)13-11(2)6-9-16(13)10-12(17)15-7-4-5-8-15/h6,9H,3-5,7-8,10H2,1-2H3. The van der Waals surface area contributed by atoms with Gasteiger partial charge in [-0.15, -0.1) is 0 Å². The third-order valence-corrected chi connectivity index (χ3v) is 3.40. The fourth-order valence-electron chi connectivity index (χ4n) is 2.40. The maximum atomic E-state index is 12.1. The lowest BCUT2D eigenvalue weighted by Crippen LogP contribution is -2.31. The molecule has 1 fully saturated rings. The van der Waals surface area contributed by atoms with E-state index < -0.39 is 0 Å². The Morgan fingerprint density at radius 1 is 1.32 bits per heavy atom. The maximum Gasteiger partial charge on any atom is 0.355 e. The van der Waals surface area contributed by atoms with Gasteiger partial charge in [0.25, 0.3) is 0 Å². The van der Waals surface area contributed by atoms with Gasteiger partial charge in [0.05, 0.1) is 6.61 Å². The van der Waals surface area contributed by atoms with Crippen molar-refractivity contribution in [2.45, 2.75) is 33.2 Å². The molecule has 1 amide bonds. The molecule has 1 aromatic heterocycles. The summed E-state index contributed by atoms with van der Waals surface area (Å²) >= 11 is 0. The first-order valence-electron chi connectivity index (χ1n) is 6.74. The Bertz CT molecular complexity index is 473. The molecular weight excluding hydrogens is 244 g/mol. The molecule has 2 rings (SSSR count). The zero-order chi connectivity index (χ0) is 13.8. The minimum Gasteiger partial charge on any atom is -0.461 e. The zero-order valence-electron chi connectivity index (χ0n) is 11.5. The van der Waals surface area contributed by atoms with Crippen LogP contribution in [-0.4, -0.2) is 41.0 Å². The molecule has 0 saturated carbocycles. The molecule has 2 heterocycles. The lowest BCUT2D eigenvalue weighted by molar-refractivity contribution is -0.130. The molecule has 104 valence electrons. The van der Waals surface area contributed by atoms with E-state index in [-0.39, 0.29) is 18.4 Å². The third kappa shape index (κ3) is 2.97. The number of carbonyl (C=O) groups excluding carboxylic acids is 2. The Labute approximate surface area is 113 Å². The summed E-state index contributed by atoms with van der Waals surface area (Å²) in [5, 5.41) is 0. The molecule has 0 bridgehead atoms. The number of aryl methyl sites for hydroxylation is 1.